The number of nitrogens with zero attached hydrogens (tertiary/aromatic N) is 1. The standard InChI is InChI=1S/C10H17NO4/c1-2-14-10(12)8-11(13)15-9-6-4-3-5-7-9/h8-9H,2-7H2,1H3/b11-8-. The van der Waals surface area contributed by atoms with Gasteiger partial charge in [0, 0.05) is 4.90 Å². The summed E-state index contributed by atoms with van der Waals surface area (Å²) in [5, 5.41) is 11.1. The molecule has 0 saturated heterocycles. The number of carbonyl (C=O) groups excluding carboxylic acids is 1. The molecular weight excluding hydrogens is 198 g/mol. The van der Waals surface area contributed by atoms with E-state index in [1.165, 1.54) is 6.42 Å². The summed E-state index contributed by atoms with van der Waals surface area (Å²) in [7, 11) is 0. The Morgan fingerprint density at radius 3 is 2.73 bits per heavy atom. The third kappa shape index (κ3) is 4.67. The molecule has 0 aliphatic heterocycles. The van der Waals surface area contributed by atoms with Crippen LogP contribution in [0.3, 0.4) is 0 Å². The minimum absolute atomic E-state index is 0.0538. The first-order valence-electron chi connectivity index (χ1n) is 5.37. The van der Waals surface area contributed by atoms with Crippen molar-refractivity contribution < 1.29 is 19.3 Å². The van der Waals surface area contributed by atoms with E-state index in [0.717, 1.165) is 31.9 Å². The van der Waals surface area contributed by atoms with Crippen LogP contribution in [0.15, 0.2) is 0 Å². The second kappa shape index (κ2) is 6.27. The summed E-state index contributed by atoms with van der Waals surface area (Å²) in [6.07, 6.45) is 5.86. The van der Waals surface area contributed by atoms with E-state index < -0.39 is 5.97 Å². The molecule has 86 valence electrons. The zero-order valence-electron chi connectivity index (χ0n) is 8.98. The first-order valence-corrected chi connectivity index (χ1v) is 5.37. The molecular formula is C10H17NO4. The molecule has 0 heterocycles. The van der Waals surface area contributed by atoms with E-state index in [9.17, 15) is 10.0 Å². The summed E-state index contributed by atoms with van der Waals surface area (Å²) < 4.78 is 4.59. The Kier molecular flexibility index (Phi) is 4.93. The lowest BCUT2D eigenvalue weighted by Crippen LogP contribution is -2.24. The highest BCUT2D eigenvalue weighted by Crippen LogP contribution is 2.19. The van der Waals surface area contributed by atoms with Crippen molar-refractivity contribution in [2.75, 3.05) is 6.61 Å². The van der Waals surface area contributed by atoms with Crippen LogP contribution in [0.1, 0.15) is 39.0 Å². The van der Waals surface area contributed by atoms with Crippen LogP contribution in [0.2, 0.25) is 0 Å². The maximum absolute atomic E-state index is 11.1. The van der Waals surface area contributed by atoms with Gasteiger partial charge in [0.1, 0.15) is 0 Å². The van der Waals surface area contributed by atoms with Gasteiger partial charge in [0.05, 0.1) is 12.7 Å². The van der Waals surface area contributed by atoms with Crippen LogP contribution in [-0.2, 0) is 14.4 Å². The minimum Gasteiger partial charge on any atom is -0.458 e. The molecule has 0 unspecified atom stereocenters. The van der Waals surface area contributed by atoms with Crippen LogP contribution in [0.4, 0.5) is 0 Å². The molecule has 5 nitrogen and oxygen atoms in total. The van der Waals surface area contributed by atoms with E-state index in [2.05, 4.69) is 4.74 Å². The van der Waals surface area contributed by atoms with E-state index >= 15 is 0 Å². The molecule has 1 aliphatic rings. The lowest BCUT2D eigenvalue weighted by atomic mass is 9.98. The number of esters is 1. The molecule has 0 spiro atoms. The summed E-state index contributed by atoms with van der Waals surface area (Å²) in [4.78, 5) is 16.1. The Hall–Kier alpha value is -1.26. The van der Waals surface area contributed by atoms with Crippen LogP contribution in [0, 0.1) is 5.21 Å². The average Bonchev–Trinajstić information content (AvgIpc) is 2.19. The Bertz CT molecular complexity index is 234. The monoisotopic (exact) mass is 215 g/mol. The maximum Gasteiger partial charge on any atom is 0.401 e. The highest BCUT2D eigenvalue weighted by molar-refractivity contribution is 6.20. The summed E-state index contributed by atoms with van der Waals surface area (Å²) in [5.74, 6) is -0.664. The number of rotatable bonds is 4. The second-order valence-electron chi connectivity index (χ2n) is 3.53. The zero-order chi connectivity index (χ0) is 11.1. The molecule has 0 aromatic rings. The molecule has 0 radical (unpaired) electrons. The number of carbonyl (C=O) groups is 1. The SMILES string of the molecule is CCOC(=O)/C=[N+](/[O-])OC1CCCCC1. The van der Waals surface area contributed by atoms with Gasteiger partial charge in [-0.2, -0.15) is 0 Å². The van der Waals surface area contributed by atoms with Gasteiger partial charge in [-0.25, -0.2) is 4.79 Å². The van der Waals surface area contributed by atoms with Gasteiger partial charge in [0.15, 0.2) is 0 Å². The van der Waals surface area contributed by atoms with Crippen molar-refractivity contribution in [3.05, 3.63) is 5.21 Å². The van der Waals surface area contributed by atoms with Gasteiger partial charge in [-0.05, 0) is 19.8 Å². The molecule has 0 aromatic heterocycles. The average molecular weight is 215 g/mol. The fraction of sp³-hybridized carbons (Fsp3) is 0.800. The highest BCUT2D eigenvalue weighted by Gasteiger charge is 2.14. The second-order valence-corrected chi connectivity index (χ2v) is 3.53. The molecule has 1 fully saturated rings. The Labute approximate surface area is 89.2 Å². The zero-order valence-corrected chi connectivity index (χ0v) is 8.98. The van der Waals surface area contributed by atoms with Gasteiger partial charge in [0.25, 0.3) is 0 Å². The maximum atomic E-state index is 11.1. The van der Waals surface area contributed by atoms with Gasteiger partial charge in [0.2, 0.25) is 0 Å². The normalized spacial score (nSPS) is 18.6. The number of hydrogen-bond acceptors (Lipinski definition) is 4. The van der Waals surface area contributed by atoms with Gasteiger partial charge < -0.3 is 9.57 Å². The molecule has 1 aliphatic carbocycles. The Balaban J connectivity index is 2.32. The van der Waals surface area contributed by atoms with Crippen LogP contribution < -0.4 is 0 Å². The molecule has 0 atom stereocenters. The smallest absolute Gasteiger partial charge is 0.401 e. The third-order valence-electron chi connectivity index (χ3n) is 2.30. The van der Waals surface area contributed by atoms with Gasteiger partial charge in [-0.15, -0.1) is 0 Å². The van der Waals surface area contributed by atoms with Gasteiger partial charge in [-0.3, -0.25) is 5.21 Å². The predicted molar refractivity (Wildman–Crippen MR) is 54.3 cm³/mol. The summed E-state index contributed by atoms with van der Waals surface area (Å²) in [5.41, 5.74) is 0. The largest absolute Gasteiger partial charge is 0.458 e. The van der Waals surface area contributed by atoms with Crippen molar-refractivity contribution in [2.24, 2.45) is 0 Å². The number of hydrogen-bond donors (Lipinski definition) is 0. The molecule has 0 amide bonds. The molecule has 5 heteroatoms. The quantitative estimate of drug-likeness (QED) is 0.308. The van der Waals surface area contributed by atoms with Crippen molar-refractivity contribution >= 4 is 12.2 Å². The fourth-order valence-electron chi connectivity index (χ4n) is 1.61. The molecule has 15 heavy (non-hydrogen) atoms. The lowest BCUT2D eigenvalue weighted by molar-refractivity contribution is -0.750. The van der Waals surface area contributed by atoms with Crippen LogP contribution in [-0.4, -0.2) is 29.8 Å². The van der Waals surface area contributed by atoms with E-state index in [0.29, 0.717) is 0 Å². The van der Waals surface area contributed by atoms with Gasteiger partial charge in [-0.1, -0.05) is 19.3 Å². The predicted octanol–water partition coefficient (Wildman–Crippen LogP) is 1.39. The van der Waals surface area contributed by atoms with E-state index in [1.54, 1.807) is 6.92 Å². The van der Waals surface area contributed by atoms with Crippen LogP contribution in [0.25, 0.3) is 0 Å². The minimum atomic E-state index is -0.664. The van der Waals surface area contributed by atoms with E-state index in [-0.39, 0.29) is 17.6 Å². The van der Waals surface area contributed by atoms with Gasteiger partial charge >= 0.3 is 12.2 Å². The molecule has 1 saturated carbocycles. The first kappa shape index (κ1) is 11.8. The van der Waals surface area contributed by atoms with Crippen molar-refractivity contribution in [1.82, 2.24) is 0 Å². The van der Waals surface area contributed by atoms with Crippen molar-refractivity contribution in [2.45, 2.75) is 45.1 Å². The fourth-order valence-corrected chi connectivity index (χ4v) is 1.61. The summed E-state index contributed by atoms with van der Waals surface area (Å²) in [6.45, 7) is 1.94. The lowest BCUT2D eigenvalue weighted by Gasteiger charge is -2.23. The van der Waals surface area contributed by atoms with Crippen LogP contribution >= 0.6 is 0 Å². The summed E-state index contributed by atoms with van der Waals surface area (Å²) in [6, 6.07) is 0. The molecule has 0 bridgehead atoms. The summed E-state index contributed by atoms with van der Waals surface area (Å²) >= 11 is 0. The Morgan fingerprint density at radius 2 is 2.13 bits per heavy atom. The van der Waals surface area contributed by atoms with E-state index in [1.807, 2.05) is 0 Å². The van der Waals surface area contributed by atoms with Crippen molar-refractivity contribution in [3.63, 3.8) is 0 Å². The van der Waals surface area contributed by atoms with Crippen molar-refractivity contribution in [3.8, 4) is 0 Å². The van der Waals surface area contributed by atoms with Crippen molar-refractivity contribution in [1.29, 1.82) is 0 Å². The highest BCUT2D eigenvalue weighted by atomic mass is 16.9. The van der Waals surface area contributed by atoms with Crippen LogP contribution in [0.5, 0.6) is 0 Å². The third-order valence-corrected chi connectivity index (χ3v) is 2.30. The Morgan fingerprint density at radius 1 is 1.47 bits per heavy atom. The first-order chi connectivity index (χ1) is 7.22. The molecule has 0 N–H and O–H groups in total. The topological polar surface area (TPSA) is 61.6 Å². The molecule has 1 rings (SSSR count). The van der Waals surface area contributed by atoms with E-state index in [4.69, 9.17) is 4.84 Å². The molecule has 0 aromatic carbocycles. The number of ether oxygens (including phenoxy) is 1.